The van der Waals surface area contributed by atoms with Gasteiger partial charge in [0.25, 0.3) is 10.1 Å². The van der Waals surface area contributed by atoms with Gasteiger partial charge in [0.15, 0.2) is 6.10 Å². The van der Waals surface area contributed by atoms with Crippen molar-refractivity contribution in [3.8, 4) is 0 Å². The lowest BCUT2D eigenvalue weighted by Crippen LogP contribution is -2.24. The Morgan fingerprint density at radius 3 is 2.48 bits per heavy atom. The molecular formula is C19H29NO6S. The number of hydrogen-bond donors (Lipinski definition) is 2. The van der Waals surface area contributed by atoms with Crippen LogP contribution in [0.2, 0.25) is 0 Å². The van der Waals surface area contributed by atoms with Crippen molar-refractivity contribution in [1.82, 2.24) is 0 Å². The van der Waals surface area contributed by atoms with Gasteiger partial charge in [-0.05, 0) is 43.9 Å². The van der Waals surface area contributed by atoms with Gasteiger partial charge in [0.1, 0.15) is 0 Å². The molecule has 0 heterocycles. The van der Waals surface area contributed by atoms with Crippen LogP contribution >= 0.6 is 0 Å². The van der Waals surface area contributed by atoms with E-state index in [2.05, 4.69) is 5.32 Å². The van der Waals surface area contributed by atoms with Crippen LogP contribution in [0.3, 0.4) is 0 Å². The van der Waals surface area contributed by atoms with Crippen LogP contribution in [0, 0.1) is 0 Å². The fourth-order valence-electron chi connectivity index (χ4n) is 2.35. The molecule has 1 atom stereocenters. The SMILES string of the molecule is CO[C@@H](Cc1ccc(NCCCC/C=C(\C)COS(C)(=O)=O)cc1)C(=O)O. The van der Waals surface area contributed by atoms with Crippen molar-refractivity contribution in [3.05, 3.63) is 41.5 Å². The molecule has 1 rings (SSSR count). The Hall–Kier alpha value is -1.90. The fourth-order valence-corrected chi connectivity index (χ4v) is 2.75. The summed E-state index contributed by atoms with van der Waals surface area (Å²) in [5.41, 5.74) is 2.79. The predicted molar refractivity (Wildman–Crippen MR) is 105 cm³/mol. The minimum Gasteiger partial charge on any atom is -0.479 e. The summed E-state index contributed by atoms with van der Waals surface area (Å²) in [7, 11) is -2.00. The topological polar surface area (TPSA) is 102 Å². The number of benzene rings is 1. The molecule has 1 aromatic rings. The predicted octanol–water partition coefficient (Wildman–Crippen LogP) is 2.83. The number of carboxylic acid groups (broad SMARTS) is 1. The molecule has 0 saturated carbocycles. The summed E-state index contributed by atoms with van der Waals surface area (Å²) in [6.07, 6.45) is 5.37. The number of rotatable bonds is 13. The second kappa shape index (κ2) is 11.7. The number of methoxy groups -OCH3 is 1. The Morgan fingerprint density at radius 1 is 1.26 bits per heavy atom. The third-order valence-corrected chi connectivity index (χ3v) is 4.43. The molecule has 0 spiro atoms. The molecule has 0 amide bonds. The van der Waals surface area contributed by atoms with Crippen LogP contribution in [-0.2, 0) is 30.3 Å². The Morgan fingerprint density at radius 2 is 1.93 bits per heavy atom. The Balaban J connectivity index is 2.26. The molecule has 7 nitrogen and oxygen atoms in total. The van der Waals surface area contributed by atoms with E-state index >= 15 is 0 Å². The lowest BCUT2D eigenvalue weighted by molar-refractivity contribution is -0.148. The third kappa shape index (κ3) is 10.7. The molecule has 1 aromatic carbocycles. The number of unbranched alkanes of at least 4 members (excludes halogenated alkanes) is 2. The number of aliphatic carboxylic acids is 1. The van der Waals surface area contributed by atoms with E-state index in [4.69, 9.17) is 14.0 Å². The van der Waals surface area contributed by atoms with Crippen LogP contribution in [0.15, 0.2) is 35.9 Å². The highest BCUT2D eigenvalue weighted by molar-refractivity contribution is 7.85. The van der Waals surface area contributed by atoms with Gasteiger partial charge in [0, 0.05) is 25.8 Å². The largest absolute Gasteiger partial charge is 0.479 e. The summed E-state index contributed by atoms with van der Waals surface area (Å²) >= 11 is 0. The van der Waals surface area contributed by atoms with Crippen LogP contribution in [-0.4, -0.2) is 52.1 Å². The zero-order valence-corrected chi connectivity index (χ0v) is 16.9. The standard InChI is InChI=1S/C19H29NO6S/c1-15(14-26-27(3,23)24)7-5-4-6-12-20-17-10-8-16(9-11-17)13-18(25-2)19(21)22/h7-11,18,20H,4-6,12-14H2,1-3H3,(H,21,22)/b15-7+/t18-/m0/s1. The van der Waals surface area contributed by atoms with Gasteiger partial charge in [-0.1, -0.05) is 23.8 Å². The molecule has 8 heteroatoms. The molecule has 0 aromatic heterocycles. The highest BCUT2D eigenvalue weighted by Crippen LogP contribution is 2.13. The van der Waals surface area contributed by atoms with Crippen LogP contribution < -0.4 is 5.32 Å². The molecule has 0 aliphatic rings. The summed E-state index contributed by atoms with van der Waals surface area (Å²) in [5.74, 6) is -0.966. The Kier molecular flexibility index (Phi) is 10.1. The number of hydrogen-bond acceptors (Lipinski definition) is 6. The average Bonchev–Trinajstić information content (AvgIpc) is 2.61. The smallest absolute Gasteiger partial charge is 0.333 e. The zero-order chi connectivity index (χ0) is 20.3. The lowest BCUT2D eigenvalue weighted by atomic mass is 10.1. The van der Waals surface area contributed by atoms with E-state index in [0.29, 0.717) is 6.42 Å². The summed E-state index contributed by atoms with van der Waals surface area (Å²) < 4.78 is 31.5. The number of ether oxygens (including phenoxy) is 1. The molecule has 152 valence electrons. The van der Waals surface area contributed by atoms with E-state index in [9.17, 15) is 13.2 Å². The van der Waals surface area contributed by atoms with Gasteiger partial charge in [-0.25, -0.2) is 4.79 Å². The number of allylic oxidation sites excluding steroid dienone is 1. The van der Waals surface area contributed by atoms with Gasteiger partial charge in [0.05, 0.1) is 12.9 Å². The van der Waals surface area contributed by atoms with Crippen molar-refractivity contribution >= 4 is 21.8 Å². The Bertz CT molecular complexity index is 712. The van der Waals surface area contributed by atoms with E-state index in [1.807, 2.05) is 37.3 Å². The van der Waals surface area contributed by atoms with Gasteiger partial charge >= 0.3 is 5.97 Å². The van der Waals surface area contributed by atoms with Crippen molar-refractivity contribution in [2.45, 2.75) is 38.7 Å². The molecule has 0 unspecified atom stereocenters. The molecule has 0 saturated heterocycles. The van der Waals surface area contributed by atoms with Crippen molar-refractivity contribution in [2.24, 2.45) is 0 Å². The van der Waals surface area contributed by atoms with Gasteiger partial charge < -0.3 is 15.2 Å². The van der Waals surface area contributed by atoms with Crippen LogP contribution in [0.4, 0.5) is 5.69 Å². The van der Waals surface area contributed by atoms with E-state index in [1.54, 1.807) is 0 Å². The Labute approximate surface area is 161 Å². The van der Waals surface area contributed by atoms with Crippen molar-refractivity contribution in [1.29, 1.82) is 0 Å². The monoisotopic (exact) mass is 399 g/mol. The van der Waals surface area contributed by atoms with E-state index in [-0.39, 0.29) is 6.61 Å². The van der Waals surface area contributed by atoms with Gasteiger partial charge in [-0.15, -0.1) is 0 Å². The minimum absolute atomic E-state index is 0.106. The maximum atomic E-state index is 11.0. The molecule has 0 aliphatic heterocycles. The number of carbonyl (C=O) groups is 1. The van der Waals surface area contributed by atoms with Crippen LogP contribution in [0.25, 0.3) is 0 Å². The van der Waals surface area contributed by atoms with E-state index in [0.717, 1.165) is 48.9 Å². The molecular weight excluding hydrogens is 370 g/mol. The normalized spacial score (nSPS) is 13.4. The van der Waals surface area contributed by atoms with Crippen molar-refractivity contribution in [2.75, 3.05) is 31.8 Å². The molecule has 27 heavy (non-hydrogen) atoms. The van der Waals surface area contributed by atoms with Gasteiger partial charge in [0.2, 0.25) is 0 Å². The maximum absolute atomic E-state index is 11.0. The number of nitrogens with one attached hydrogen (secondary N) is 1. The zero-order valence-electron chi connectivity index (χ0n) is 16.1. The summed E-state index contributed by atoms with van der Waals surface area (Å²) in [6, 6.07) is 7.64. The van der Waals surface area contributed by atoms with Gasteiger partial charge in [-0.2, -0.15) is 8.42 Å². The first-order valence-electron chi connectivity index (χ1n) is 8.79. The third-order valence-electron chi connectivity index (χ3n) is 3.89. The highest BCUT2D eigenvalue weighted by Gasteiger charge is 2.16. The molecule has 2 N–H and O–H groups in total. The first-order valence-corrected chi connectivity index (χ1v) is 10.6. The summed E-state index contributed by atoms with van der Waals surface area (Å²) in [5, 5.41) is 12.3. The average molecular weight is 400 g/mol. The van der Waals surface area contributed by atoms with E-state index < -0.39 is 22.2 Å². The minimum atomic E-state index is -3.39. The number of carboxylic acids is 1. The lowest BCUT2D eigenvalue weighted by Gasteiger charge is -2.11. The highest BCUT2D eigenvalue weighted by atomic mass is 32.2. The summed E-state index contributed by atoms with van der Waals surface area (Å²) in [4.78, 5) is 11.0. The van der Waals surface area contributed by atoms with Crippen molar-refractivity contribution in [3.63, 3.8) is 0 Å². The van der Waals surface area contributed by atoms with E-state index in [1.165, 1.54) is 7.11 Å². The quantitative estimate of drug-likeness (QED) is 0.299. The first kappa shape index (κ1) is 23.1. The molecule has 0 fully saturated rings. The second-order valence-corrected chi connectivity index (χ2v) is 8.05. The van der Waals surface area contributed by atoms with Gasteiger partial charge in [-0.3, -0.25) is 4.18 Å². The molecule has 0 radical (unpaired) electrons. The molecule has 0 aliphatic carbocycles. The van der Waals surface area contributed by atoms with Crippen LogP contribution in [0.5, 0.6) is 0 Å². The van der Waals surface area contributed by atoms with Crippen molar-refractivity contribution < 1.29 is 27.2 Å². The fraction of sp³-hybridized carbons (Fsp3) is 0.526. The second-order valence-electron chi connectivity index (χ2n) is 6.40. The van der Waals surface area contributed by atoms with Crippen LogP contribution in [0.1, 0.15) is 31.7 Å². The maximum Gasteiger partial charge on any atom is 0.333 e. The molecule has 0 bridgehead atoms. The summed E-state index contributed by atoms with van der Waals surface area (Å²) in [6.45, 7) is 2.78. The first-order chi connectivity index (χ1) is 12.7. The number of anilines is 1.